The molecule has 0 spiro atoms. The molecular formula is C29H38Cl3NO12. The van der Waals surface area contributed by atoms with Gasteiger partial charge in [-0.1, -0.05) is 34.8 Å². The van der Waals surface area contributed by atoms with Crippen LogP contribution in [0.3, 0.4) is 0 Å². The molecule has 1 aliphatic heterocycles. The average Bonchev–Trinajstić information content (AvgIpc) is 3.02. The SMILES string of the molecule is COc1ccc2c(c1)OCCOCCOCCOc1cc(OC)c(NC(=O)OCC(Cl)(Cl)Cl)cc1OCCOCCOCCO2. The maximum atomic E-state index is 12.3. The van der Waals surface area contributed by atoms with Crippen LogP contribution in [-0.2, 0) is 23.7 Å². The van der Waals surface area contributed by atoms with Crippen molar-refractivity contribution < 1.29 is 56.9 Å². The Labute approximate surface area is 277 Å². The Hall–Kier alpha value is -2.78. The minimum absolute atomic E-state index is 0.178. The van der Waals surface area contributed by atoms with E-state index in [9.17, 15) is 4.79 Å². The topological polar surface area (TPSA) is 131 Å². The maximum Gasteiger partial charge on any atom is 0.411 e. The molecule has 0 saturated heterocycles. The summed E-state index contributed by atoms with van der Waals surface area (Å²) in [5, 5.41) is 2.55. The fourth-order valence-electron chi connectivity index (χ4n) is 3.66. The monoisotopic (exact) mass is 697 g/mol. The van der Waals surface area contributed by atoms with E-state index in [-0.39, 0.29) is 37.9 Å². The highest BCUT2D eigenvalue weighted by molar-refractivity contribution is 6.67. The van der Waals surface area contributed by atoms with E-state index in [0.29, 0.717) is 81.6 Å². The number of alkyl halides is 3. The largest absolute Gasteiger partial charge is 0.497 e. The van der Waals surface area contributed by atoms with Crippen LogP contribution in [0, 0.1) is 0 Å². The lowest BCUT2D eigenvalue weighted by Crippen LogP contribution is -2.21. The van der Waals surface area contributed by atoms with Crippen LogP contribution in [-0.4, -0.2) is 110 Å². The molecule has 0 unspecified atom stereocenters. The fraction of sp³-hybridized carbons (Fsp3) is 0.552. The minimum atomic E-state index is -1.76. The van der Waals surface area contributed by atoms with Gasteiger partial charge in [0, 0.05) is 18.2 Å². The van der Waals surface area contributed by atoms with Crippen LogP contribution in [0.1, 0.15) is 0 Å². The zero-order valence-electron chi connectivity index (χ0n) is 25.1. The summed E-state index contributed by atoms with van der Waals surface area (Å²) >= 11 is 17.0. The van der Waals surface area contributed by atoms with Gasteiger partial charge in [-0.3, -0.25) is 5.32 Å². The molecule has 45 heavy (non-hydrogen) atoms. The molecule has 0 aromatic heterocycles. The first kappa shape index (κ1) is 36.7. The molecule has 16 heteroatoms. The second kappa shape index (κ2) is 20.4. The third kappa shape index (κ3) is 14.5. The third-order valence-corrected chi connectivity index (χ3v) is 6.03. The Morgan fingerprint density at radius 1 is 0.667 bits per heavy atom. The zero-order chi connectivity index (χ0) is 32.3. The average molecular weight is 699 g/mol. The number of nitrogens with one attached hydrogen (secondary N) is 1. The van der Waals surface area contributed by atoms with Crippen molar-refractivity contribution in [2.75, 3.05) is 105 Å². The van der Waals surface area contributed by atoms with Crippen molar-refractivity contribution >= 4 is 46.6 Å². The summed E-state index contributed by atoms with van der Waals surface area (Å²) < 4.78 is 59.9. The van der Waals surface area contributed by atoms with Crippen LogP contribution >= 0.6 is 34.8 Å². The predicted octanol–water partition coefficient (Wildman–Crippen LogP) is 4.92. The lowest BCUT2D eigenvalue weighted by molar-refractivity contribution is 0.0223. The van der Waals surface area contributed by atoms with E-state index >= 15 is 0 Å². The van der Waals surface area contributed by atoms with Gasteiger partial charge in [-0.05, 0) is 12.1 Å². The van der Waals surface area contributed by atoms with E-state index in [1.165, 1.54) is 13.2 Å². The summed E-state index contributed by atoms with van der Waals surface area (Å²) in [6, 6.07) is 8.43. The van der Waals surface area contributed by atoms with Crippen LogP contribution in [0.4, 0.5) is 10.5 Å². The van der Waals surface area contributed by atoms with E-state index in [2.05, 4.69) is 5.32 Å². The summed E-state index contributed by atoms with van der Waals surface area (Å²) in [6.07, 6.45) is -0.856. The van der Waals surface area contributed by atoms with Gasteiger partial charge in [0.1, 0.15) is 44.5 Å². The highest BCUT2D eigenvalue weighted by Gasteiger charge is 2.23. The Balaban J connectivity index is 1.59. The number of fused-ring (bicyclic) bond motifs is 2. The standard InChI is InChI=1S/C29H38Cl3NO12/c1-35-21-3-4-23-25(17-21)42-14-10-38-7-8-40-12-16-44-27-19-24(36-2)22(33-28(34)45-20-29(30,31)32)18-26(27)43-15-11-39-6-5-37-9-13-41-23/h3-4,17-19H,5-16,20H2,1-2H3,(H,33,34). The molecule has 1 N–H and O–H groups in total. The van der Waals surface area contributed by atoms with E-state index < -0.39 is 16.5 Å². The second-order valence-corrected chi connectivity index (χ2v) is 11.5. The molecule has 0 saturated carbocycles. The normalized spacial score (nSPS) is 16.5. The molecule has 1 heterocycles. The molecule has 2 aromatic rings. The molecule has 2 aromatic carbocycles. The molecule has 13 nitrogen and oxygen atoms in total. The van der Waals surface area contributed by atoms with Gasteiger partial charge in [0.15, 0.2) is 23.0 Å². The van der Waals surface area contributed by atoms with Gasteiger partial charge in [0.25, 0.3) is 0 Å². The number of hydrogen-bond donors (Lipinski definition) is 1. The van der Waals surface area contributed by atoms with Crippen LogP contribution in [0.5, 0.6) is 34.5 Å². The van der Waals surface area contributed by atoms with E-state index in [4.69, 9.17) is 86.9 Å². The summed E-state index contributed by atoms with van der Waals surface area (Å²) in [6.45, 7) is 3.18. The van der Waals surface area contributed by atoms with Crippen molar-refractivity contribution in [1.29, 1.82) is 0 Å². The summed E-state index contributed by atoms with van der Waals surface area (Å²) in [5.74, 6) is 2.73. The highest BCUT2D eigenvalue weighted by atomic mass is 35.6. The number of methoxy groups -OCH3 is 2. The molecule has 0 bridgehead atoms. The fourth-order valence-corrected chi connectivity index (χ4v) is 3.82. The molecule has 0 atom stereocenters. The van der Waals surface area contributed by atoms with E-state index in [1.807, 2.05) is 0 Å². The number of amides is 1. The van der Waals surface area contributed by atoms with Gasteiger partial charge in [0.05, 0.1) is 72.8 Å². The van der Waals surface area contributed by atoms with Gasteiger partial charge < -0.3 is 52.1 Å². The first-order chi connectivity index (χ1) is 21.8. The number of carbonyl (C=O) groups excluding carboxylic acids is 1. The van der Waals surface area contributed by atoms with Gasteiger partial charge in [-0.2, -0.15) is 0 Å². The summed E-state index contributed by atoms with van der Waals surface area (Å²) in [4.78, 5) is 12.3. The number of anilines is 1. The quantitative estimate of drug-likeness (QED) is 0.435. The number of rotatable bonds is 4. The number of halogens is 3. The highest BCUT2D eigenvalue weighted by Crippen LogP contribution is 2.38. The zero-order valence-corrected chi connectivity index (χ0v) is 27.4. The number of hydrogen-bond acceptors (Lipinski definition) is 12. The molecule has 0 aliphatic carbocycles. The number of carbonyl (C=O) groups is 1. The molecule has 3 rings (SSSR count). The van der Waals surface area contributed by atoms with Crippen molar-refractivity contribution in [3.05, 3.63) is 30.3 Å². The molecule has 252 valence electrons. The van der Waals surface area contributed by atoms with Crippen molar-refractivity contribution in [2.45, 2.75) is 3.79 Å². The Kier molecular flexibility index (Phi) is 16.6. The van der Waals surface area contributed by atoms with Crippen LogP contribution in [0.15, 0.2) is 30.3 Å². The first-order valence-corrected chi connectivity index (χ1v) is 15.1. The number of benzene rings is 2. The lowest BCUT2D eigenvalue weighted by Gasteiger charge is -2.18. The van der Waals surface area contributed by atoms with Crippen molar-refractivity contribution in [1.82, 2.24) is 0 Å². The predicted molar refractivity (Wildman–Crippen MR) is 167 cm³/mol. The van der Waals surface area contributed by atoms with Gasteiger partial charge in [-0.15, -0.1) is 0 Å². The first-order valence-electron chi connectivity index (χ1n) is 14.0. The van der Waals surface area contributed by atoms with Gasteiger partial charge in [0.2, 0.25) is 3.79 Å². The van der Waals surface area contributed by atoms with Crippen molar-refractivity contribution in [3.63, 3.8) is 0 Å². The molecule has 0 radical (unpaired) electrons. The lowest BCUT2D eigenvalue weighted by atomic mass is 10.2. The molecule has 0 fully saturated rings. The summed E-state index contributed by atoms with van der Waals surface area (Å²) in [7, 11) is 3.02. The van der Waals surface area contributed by atoms with E-state index in [1.54, 1.807) is 31.4 Å². The van der Waals surface area contributed by atoms with Crippen molar-refractivity contribution in [2.24, 2.45) is 0 Å². The Bertz CT molecular complexity index is 1170. The van der Waals surface area contributed by atoms with Gasteiger partial charge in [-0.25, -0.2) is 4.79 Å². The summed E-state index contributed by atoms with van der Waals surface area (Å²) in [5.41, 5.74) is 0.248. The smallest absolute Gasteiger partial charge is 0.411 e. The van der Waals surface area contributed by atoms with Gasteiger partial charge >= 0.3 is 6.09 Å². The molecular weight excluding hydrogens is 661 g/mol. The molecule has 1 amide bonds. The maximum absolute atomic E-state index is 12.3. The van der Waals surface area contributed by atoms with Crippen LogP contribution in [0.25, 0.3) is 0 Å². The van der Waals surface area contributed by atoms with Crippen LogP contribution in [0.2, 0.25) is 0 Å². The third-order valence-electron chi connectivity index (χ3n) is 5.71. The molecule has 1 aliphatic rings. The van der Waals surface area contributed by atoms with Crippen LogP contribution < -0.4 is 33.7 Å². The Morgan fingerprint density at radius 3 is 1.62 bits per heavy atom. The Morgan fingerprint density at radius 2 is 1.13 bits per heavy atom. The van der Waals surface area contributed by atoms with E-state index in [0.717, 1.165) is 0 Å². The number of ether oxygens (including phenoxy) is 11. The van der Waals surface area contributed by atoms with Crippen molar-refractivity contribution in [3.8, 4) is 34.5 Å². The minimum Gasteiger partial charge on any atom is -0.497 e. The second-order valence-electron chi connectivity index (χ2n) is 8.97.